The van der Waals surface area contributed by atoms with Crippen LogP contribution in [0.3, 0.4) is 0 Å². The van der Waals surface area contributed by atoms with Crippen LogP contribution in [0.15, 0.2) is 33.7 Å². The minimum absolute atomic E-state index is 0.321. The molecule has 0 fully saturated rings. The summed E-state index contributed by atoms with van der Waals surface area (Å²) >= 11 is 6.45. The predicted octanol–water partition coefficient (Wildman–Crippen LogP) is 3.77. The molecule has 0 atom stereocenters. The Labute approximate surface area is 143 Å². The van der Waals surface area contributed by atoms with Gasteiger partial charge in [-0.05, 0) is 33.6 Å². The lowest BCUT2D eigenvalue weighted by molar-refractivity contribution is 0.0503. The van der Waals surface area contributed by atoms with Crippen molar-refractivity contribution in [2.45, 2.75) is 6.42 Å². The van der Waals surface area contributed by atoms with E-state index in [4.69, 9.17) is 4.74 Å². The highest BCUT2D eigenvalue weighted by atomic mass is 79.9. The Morgan fingerprint density at radius 2 is 2.32 bits per heavy atom. The molecule has 0 aromatic carbocycles. The topological polar surface area (TPSA) is 57.0 Å². The first-order chi connectivity index (χ1) is 10.6. The highest BCUT2D eigenvalue weighted by Gasteiger charge is 2.14. The van der Waals surface area contributed by atoms with Gasteiger partial charge in [-0.1, -0.05) is 0 Å². The van der Waals surface area contributed by atoms with Crippen LogP contribution in [0.5, 0.6) is 0 Å². The summed E-state index contributed by atoms with van der Waals surface area (Å²) in [6, 6.07) is 3.94. The van der Waals surface area contributed by atoms with Gasteiger partial charge >= 0.3 is 5.97 Å². The van der Waals surface area contributed by atoms with Crippen LogP contribution in [0.1, 0.15) is 16.1 Å². The molecule has 0 radical (unpaired) electrons. The van der Waals surface area contributed by atoms with Gasteiger partial charge < -0.3 is 4.74 Å². The molecule has 3 rings (SSSR count). The Bertz CT molecular complexity index is 793. The Kier molecular flexibility index (Phi) is 4.70. The standard InChI is InChI=1S/C14H12BrN3O2S2/c1-18-7-9(6-16-18)4-5-20-14(19)10-8-21-13(17-10)11-2-3-12(15)22-11/h2-3,6-8H,4-5H2,1H3. The quantitative estimate of drug-likeness (QED) is 0.614. The lowest BCUT2D eigenvalue weighted by Crippen LogP contribution is -2.08. The number of aromatic nitrogens is 3. The number of ether oxygens (including phenoxy) is 1. The molecule has 0 aliphatic carbocycles. The molecule has 0 spiro atoms. The molecule has 0 amide bonds. The average molecular weight is 398 g/mol. The summed E-state index contributed by atoms with van der Waals surface area (Å²) in [6.07, 6.45) is 4.32. The van der Waals surface area contributed by atoms with Gasteiger partial charge in [0.05, 0.1) is 21.5 Å². The van der Waals surface area contributed by atoms with E-state index in [1.165, 1.54) is 11.3 Å². The number of aryl methyl sites for hydroxylation is 1. The molecule has 0 aliphatic rings. The van der Waals surface area contributed by atoms with Crippen LogP contribution in [0, 0.1) is 0 Å². The van der Waals surface area contributed by atoms with Gasteiger partial charge in [-0.15, -0.1) is 22.7 Å². The summed E-state index contributed by atoms with van der Waals surface area (Å²) in [5.41, 5.74) is 1.40. The van der Waals surface area contributed by atoms with Gasteiger partial charge in [-0.2, -0.15) is 5.10 Å². The second-order valence-electron chi connectivity index (χ2n) is 4.55. The van der Waals surface area contributed by atoms with Crippen LogP contribution in [0.2, 0.25) is 0 Å². The Morgan fingerprint density at radius 1 is 1.45 bits per heavy atom. The number of nitrogens with zero attached hydrogens (tertiary/aromatic N) is 3. The molecule has 0 N–H and O–H groups in total. The van der Waals surface area contributed by atoms with E-state index < -0.39 is 0 Å². The molecule has 0 unspecified atom stereocenters. The van der Waals surface area contributed by atoms with Crippen LogP contribution < -0.4 is 0 Å². The van der Waals surface area contributed by atoms with E-state index in [2.05, 4.69) is 26.0 Å². The number of halogens is 1. The van der Waals surface area contributed by atoms with Gasteiger partial charge in [0.2, 0.25) is 0 Å². The second kappa shape index (κ2) is 6.72. The third kappa shape index (κ3) is 3.63. The van der Waals surface area contributed by atoms with Crippen LogP contribution >= 0.6 is 38.6 Å². The van der Waals surface area contributed by atoms with Crippen LogP contribution in [-0.4, -0.2) is 27.3 Å². The zero-order valence-electron chi connectivity index (χ0n) is 11.7. The first-order valence-electron chi connectivity index (χ1n) is 6.48. The molecule has 3 aromatic heterocycles. The van der Waals surface area contributed by atoms with Crippen LogP contribution in [-0.2, 0) is 18.2 Å². The number of esters is 1. The molecule has 114 valence electrons. The fraction of sp³-hybridized carbons (Fsp3) is 0.214. The summed E-state index contributed by atoms with van der Waals surface area (Å²) in [6.45, 7) is 0.321. The lowest BCUT2D eigenvalue weighted by atomic mass is 10.3. The molecule has 22 heavy (non-hydrogen) atoms. The minimum atomic E-state index is -0.387. The van der Waals surface area contributed by atoms with E-state index >= 15 is 0 Å². The monoisotopic (exact) mass is 397 g/mol. The Morgan fingerprint density at radius 3 is 3.00 bits per heavy atom. The molecule has 0 bridgehead atoms. The average Bonchev–Trinajstić information content (AvgIpc) is 3.19. The summed E-state index contributed by atoms with van der Waals surface area (Å²) in [5, 5.41) is 6.63. The molecular weight excluding hydrogens is 386 g/mol. The molecule has 8 heteroatoms. The van der Waals surface area contributed by atoms with E-state index in [-0.39, 0.29) is 5.97 Å². The van der Waals surface area contributed by atoms with Crippen LogP contribution in [0.25, 0.3) is 9.88 Å². The fourth-order valence-corrected chi connectivity index (χ4v) is 4.09. The highest BCUT2D eigenvalue weighted by Crippen LogP contribution is 2.33. The number of hydrogen-bond donors (Lipinski definition) is 0. The van der Waals surface area contributed by atoms with Gasteiger partial charge in [0, 0.05) is 25.0 Å². The number of hydrogen-bond acceptors (Lipinski definition) is 6. The van der Waals surface area contributed by atoms with E-state index in [0.29, 0.717) is 18.7 Å². The lowest BCUT2D eigenvalue weighted by Gasteiger charge is -2.00. The van der Waals surface area contributed by atoms with Crippen molar-refractivity contribution in [3.8, 4) is 9.88 Å². The number of rotatable bonds is 5. The van der Waals surface area contributed by atoms with Crippen molar-refractivity contribution < 1.29 is 9.53 Å². The molecule has 0 saturated heterocycles. The first-order valence-corrected chi connectivity index (χ1v) is 8.96. The maximum atomic E-state index is 12.0. The third-order valence-corrected chi connectivity index (χ3v) is 5.51. The Balaban J connectivity index is 1.57. The molecule has 3 aromatic rings. The van der Waals surface area contributed by atoms with Gasteiger partial charge in [-0.25, -0.2) is 9.78 Å². The zero-order chi connectivity index (χ0) is 15.5. The van der Waals surface area contributed by atoms with Crippen molar-refractivity contribution in [1.29, 1.82) is 0 Å². The van der Waals surface area contributed by atoms with Crippen LogP contribution in [0.4, 0.5) is 0 Å². The Hall–Kier alpha value is -1.51. The number of carbonyl (C=O) groups excluding carboxylic acids is 1. The van der Waals surface area contributed by atoms with E-state index in [0.717, 1.165) is 19.2 Å². The second-order valence-corrected chi connectivity index (χ2v) is 7.87. The number of thiophene rings is 1. The van der Waals surface area contributed by atoms with Crippen molar-refractivity contribution in [2.24, 2.45) is 7.05 Å². The molecule has 3 heterocycles. The molecular formula is C14H12BrN3O2S2. The van der Waals surface area contributed by atoms with E-state index in [9.17, 15) is 4.79 Å². The van der Waals surface area contributed by atoms with Gasteiger partial charge in [-0.3, -0.25) is 4.68 Å². The van der Waals surface area contributed by atoms with E-state index in [1.54, 1.807) is 27.6 Å². The van der Waals surface area contributed by atoms with Crippen molar-refractivity contribution >= 4 is 44.6 Å². The maximum absolute atomic E-state index is 12.0. The molecule has 5 nitrogen and oxygen atoms in total. The SMILES string of the molecule is Cn1cc(CCOC(=O)c2csc(-c3ccc(Br)s3)n2)cn1. The third-order valence-electron chi connectivity index (χ3n) is 2.88. The van der Waals surface area contributed by atoms with Crippen molar-refractivity contribution in [3.63, 3.8) is 0 Å². The van der Waals surface area contributed by atoms with Crippen molar-refractivity contribution in [3.05, 3.63) is 45.0 Å². The predicted molar refractivity (Wildman–Crippen MR) is 90.3 cm³/mol. The number of thiazole rings is 1. The molecule has 0 aliphatic heterocycles. The maximum Gasteiger partial charge on any atom is 0.357 e. The van der Waals surface area contributed by atoms with Gasteiger partial charge in [0.25, 0.3) is 0 Å². The molecule has 0 saturated carbocycles. The summed E-state index contributed by atoms with van der Waals surface area (Å²) in [7, 11) is 1.86. The van der Waals surface area contributed by atoms with Gasteiger partial charge in [0.15, 0.2) is 5.69 Å². The normalized spacial score (nSPS) is 10.8. The summed E-state index contributed by atoms with van der Waals surface area (Å²) in [4.78, 5) is 17.4. The van der Waals surface area contributed by atoms with Crippen molar-refractivity contribution in [1.82, 2.24) is 14.8 Å². The van der Waals surface area contributed by atoms with Gasteiger partial charge in [0.1, 0.15) is 5.01 Å². The summed E-state index contributed by atoms with van der Waals surface area (Å²) in [5.74, 6) is -0.387. The highest BCUT2D eigenvalue weighted by molar-refractivity contribution is 9.11. The number of carbonyl (C=O) groups is 1. The largest absolute Gasteiger partial charge is 0.461 e. The first kappa shape index (κ1) is 15.4. The van der Waals surface area contributed by atoms with Crippen molar-refractivity contribution in [2.75, 3.05) is 6.61 Å². The van der Waals surface area contributed by atoms with E-state index in [1.807, 2.05) is 25.4 Å². The smallest absolute Gasteiger partial charge is 0.357 e. The fourth-order valence-electron chi connectivity index (χ4n) is 1.85. The summed E-state index contributed by atoms with van der Waals surface area (Å²) < 4.78 is 8.02. The minimum Gasteiger partial charge on any atom is -0.461 e. The zero-order valence-corrected chi connectivity index (χ0v) is 14.9.